The molecule has 0 atom stereocenters. The first kappa shape index (κ1) is 21.4. The Hall–Kier alpha value is -2.95. The molecule has 0 amide bonds. The maximum Gasteiger partial charge on any atom is 0.311 e. The maximum absolute atomic E-state index is 12.1. The van der Waals surface area contributed by atoms with E-state index in [-0.39, 0.29) is 11.7 Å². The van der Waals surface area contributed by atoms with Crippen molar-refractivity contribution in [3.63, 3.8) is 0 Å². The van der Waals surface area contributed by atoms with Crippen molar-refractivity contribution in [1.29, 1.82) is 0 Å². The first-order chi connectivity index (χ1) is 13.7. The van der Waals surface area contributed by atoms with Crippen LogP contribution in [-0.2, 0) is 4.79 Å². The van der Waals surface area contributed by atoms with Gasteiger partial charge in [0, 0.05) is 6.42 Å². The van der Waals surface area contributed by atoms with Crippen molar-refractivity contribution < 1.29 is 14.6 Å². The smallest absolute Gasteiger partial charge is 0.311 e. The standard InChI is InChI=1S/C23H28N2O3/c1-2-3-4-5-6-7-8-9-18-23(27)28-22-17-13-11-15-20(22)25-24-19-14-10-12-16-21(19)26/h2,10-17,26H,1,3-9,18H2. The van der Waals surface area contributed by atoms with Gasteiger partial charge in [-0.15, -0.1) is 16.8 Å². The SMILES string of the molecule is C=CCCCCCCCCC(=O)Oc1ccccc1N=Nc1ccccc1O. The molecule has 5 nitrogen and oxygen atoms in total. The number of para-hydroxylation sites is 2. The number of carbonyl (C=O) groups excluding carboxylic acids is 1. The van der Waals surface area contributed by atoms with Crippen molar-refractivity contribution in [3.8, 4) is 11.5 Å². The summed E-state index contributed by atoms with van der Waals surface area (Å²) in [6.07, 6.45) is 10.00. The van der Waals surface area contributed by atoms with Crippen LogP contribution >= 0.6 is 0 Å². The van der Waals surface area contributed by atoms with Gasteiger partial charge in [-0.25, -0.2) is 0 Å². The Morgan fingerprint density at radius 1 is 0.893 bits per heavy atom. The second kappa shape index (κ2) is 12.4. The Labute approximate surface area is 166 Å². The molecular formula is C23H28N2O3. The number of esters is 1. The zero-order chi connectivity index (χ0) is 20.0. The number of rotatable bonds is 12. The predicted molar refractivity (Wildman–Crippen MR) is 111 cm³/mol. The molecule has 0 aliphatic heterocycles. The number of ether oxygens (including phenoxy) is 1. The first-order valence-corrected chi connectivity index (χ1v) is 9.81. The molecule has 2 rings (SSSR count). The van der Waals surface area contributed by atoms with E-state index in [1.807, 2.05) is 6.08 Å². The van der Waals surface area contributed by atoms with E-state index in [0.29, 0.717) is 23.5 Å². The van der Waals surface area contributed by atoms with Gasteiger partial charge in [0.05, 0.1) is 0 Å². The van der Waals surface area contributed by atoms with E-state index in [9.17, 15) is 9.90 Å². The number of carbonyl (C=O) groups is 1. The van der Waals surface area contributed by atoms with E-state index in [4.69, 9.17) is 4.74 Å². The predicted octanol–water partition coefficient (Wildman–Crippen LogP) is 7.02. The van der Waals surface area contributed by atoms with Gasteiger partial charge in [-0.05, 0) is 43.5 Å². The quantitative estimate of drug-likeness (QED) is 0.141. The largest absolute Gasteiger partial charge is 0.506 e. The molecule has 0 unspecified atom stereocenters. The number of azo groups is 1. The Morgan fingerprint density at radius 3 is 2.25 bits per heavy atom. The van der Waals surface area contributed by atoms with Crippen LogP contribution in [0, 0.1) is 0 Å². The van der Waals surface area contributed by atoms with E-state index in [0.717, 1.165) is 25.7 Å². The van der Waals surface area contributed by atoms with Gasteiger partial charge in [-0.2, -0.15) is 0 Å². The molecule has 148 valence electrons. The average Bonchev–Trinajstić information content (AvgIpc) is 2.70. The summed E-state index contributed by atoms with van der Waals surface area (Å²) in [6.45, 7) is 3.72. The Morgan fingerprint density at radius 2 is 1.50 bits per heavy atom. The van der Waals surface area contributed by atoms with Gasteiger partial charge in [0.2, 0.25) is 0 Å². The summed E-state index contributed by atoms with van der Waals surface area (Å²) in [7, 11) is 0. The van der Waals surface area contributed by atoms with Gasteiger partial charge in [-0.3, -0.25) is 4.79 Å². The summed E-state index contributed by atoms with van der Waals surface area (Å²) in [5, 5.41) is 17.9. The summed E-state index contributed by atoms with van der Waals surface area (Å²) in [5.41, 5.74) is 0.804. The van der Waals surface area contributed by atoms with Crippen LogP contribution in [0.1, 0.15) is 51.4 Å². The van der Waals surface area contributed by atoms with Gasteiger partial charge >= 0.3 is 5.97 Å². The summed E-state index contributed by atoms with van der Waals surface area (Å²) >= 11 is 0. The lowest BCUT2D eigenvalue weighted by Crippen LogP contribution is -2.07. The van der Waals surface area contributed by atoms with Gasteiger partial charge < -0.3 is 9.84 Å². The summed E-state index contributed by atoms with van der Waals surface area (Å²) < 4.78 is 5.46. The third-order valence-corrected chi connectivity index (χ3v) is 4.28. The number of benzene rings is 2. The molecule has 28 heavy (non-hydrogen) atoms. The lowest BCUT2D eigenvalue weighted by molar-refractivity contribution is -0.134. The van der Waals surface area contributed by atoms with Crippen molar-refractivity contribution in [2.75, 3.05) is 0 Å². The van der Waals surface area contributed by atoms with E-state index < -0.39 is 0 Å². The molecule has 0 bridgehead atoms. The van der Waals surface area contributed by atoms with Crippen LogP contribution in [0.5, 0.6) is 11.5 Å². The number of nitrogens with zero attached hydrogens (tertiary/aromatic N) is 2. The van der Waals surface area contributed by atoms with Crippen molar-refractivity contribution in [1.82, 2.24) is 0 Å². The zero-order valence-corrected chi connectivity index (χ0v) is 16.2. The molecule has 0 fully saturated rings. The number of hydrogen-bond donors (Lipinski definition) is 1. The minimum Gasteiger partial charge on any atom is -0.506 e. The molecule has 0 saturated heterocycles. The lowest BCUT2D eigenvalue weighted by Gasteiger charge is -2.06. The monoisotopic (exact) mass is 380 g/mol. The molecule has 0 saturated carbocycles. The molecule has 0 aliphatic rings. The maximum atomic E-state index is 12.1. The van der Waals surface area contributed by atoms with Gasteiger partial charge in [0.1, 0.15) is 17.1 Å². The fourth-order valence-corrected chi connectivity index (χ4v) is 2.72. The molecule has 0 heterocycles. The number of phenols is 1. The van der Waals surface area contributed by atoms with Gasteiger partial charge in [0.15, 0.2) is 5.75 Å². The van der Waals surface area contributed by atoms with Crippen LogP contribution in [-0.4, -0.2) is 11.1 Å². The van der Waals surface area contributed by atoms with E-state index in [1.54, 1.807) is 48.5 Å². The third-order valence-electron chi connectivity index (χ3n) is 4.28. The van der Waals surface area contributed by atoms with Crippen molar-refractivity contribution in [2.45, 2.75) is 51.4 Å². The molecule has 0 radical (unpaired) electrons. The van der Waals surface area contributed by atoms with Crippen LogP contribution in [0.4, 0.5) is 11.4 Å². The zero-order valence-electron chi connectivity index (χ0n) is 16.2. The highest BCUT2D eigenvalue weighted by molar-refractivity contribution is 5.74. The summed E-state index contributed by atoms with van der Waals surface area (Å²) in [4.78, 5) is 12.1. The van der Waals surface area contributed by atoms with Crippen LogP contribution < -0.4 is 4.74 Å². The Kier molecular flexibility index (Phi) is 9.49. The number of unbranched alkanes of at least 4 members (excludes halogenated alkanes) is 6. The fourth-order valence-electron chi connectivity index (χ4n) is 2.72. The van der Waals surface area contributed by atoms with Crippen LogP contribution in [0.3, 0.4) is 0 Å². The minimum atomic E-state index is -0.267. The second-order valence-electron chi connectivity index (χ2n) is 6.58. The number of phenolic OH excluding ortho intramolecular Hbond substituents is 1. The number of allylic oxidation sites excluding steroid dienone is 1. The average molecular weight is 380 g/mol. The minimum absolute atomic E-state index is 0.0465. The number of aromatic hydroxyl groups is 1. The first-order valence-electron chi connectivity index (χ1n) is 9.81. The fraction of sp³-hybridized carbons (Fsp3) is 0.348. The highest BCUT2D eigenvalue weighted by Gasteiger charge is 2.09. The van der Waals surface area contributed by atoms with Crippen molar-refractivity contribution in [2.24, 2.45) is 10.2 Å². The van der Waals surface area contributed by atoms with E-state index in [2.05, 4.69) is 16.8 Å². The molecule has 2 aromatic carbocycles. The van der Waals surface area contributed by atoms with Crippen LogP contribution in [0.2, 0.25) is 0 Å². The number of hydrogen-bond acceptors (Lipinski definition) is 5. The topological polar surface area (TPSA) is 71.2 Å². The van der Waals surface area contributed by atoms with Crippen LogP contribution in [0.15, 0.2) is 71.4 Å². The van der Waals surface area contributed by atoms with Gasteiger partial charge in [0.25, 0.3) is 0 Å². The summed E-state index contributed by atoms with van der Waals surface area (Å²) in [5.74, 6) is 0.151. The molecule has 0 aromatic heterocycles. The Bertz CT molecular complexity index is 787. The van der Waals surface area contributed by atoms with Crippen LogP contribution in [0.25, 0.3) is 0 Å². The molecule has 2 aromatic rings. The molecule has 0 aliphatic carbocycles. The Balaban J connectivity index is 1.80. The highest BCUT2D eigenvalue weighted by atomic mass is 16.5. The van der Waals surface area contributed by atoms with E-state index >= 15 is 0 Å². The van der Waals surface area contributed by atoms with Crippen molar-refractivity contribution in [3.05, 3.63) is 61.2 Å². The van der Waals surface area contributed by atoms with E-state index in [1.165, 1.54) is 19.3 Å². The lowest BCUT2D eigenvalue weighted by atomic mass is 10.1. The summed E-state index contributed by atoms with van der Waals surface area (Å²) in [6, 6.07) is 13.7. The highest BCUT2D eigenvalue weighted by Crippen LogP contribution is 2.31. The second-order valence-corrected chi connectivity index (χ2v) is 6.58. The third kappa shape index (κ3) is 7.74. The van der Waals surface area contributed by atoms with Gasteiger partial charge in [-0.1, -0.05) is 56.0 Å². The molecular weight excluding hydrogens is 352 g/mol. The molecule has 0 spiro atoms. The normalized spacial score (nSPS) is 10.9. The molecule has 1 N–H and O–H groups in total. The van der Waals surface area contributed by atoms with Crippen molar-refractivity contribution >= 4 is 17.3 Å². The molecule has 5 heteroatoms.